The van der Waals surface area contributed by atoms with Crippen molar-refractivity contribution in [3.8, 4) is 10.4 Å². The van der Waals surface area contributed by atoms with Crippen molar-refractivity contribution in [2.45, 2.75) is 38.4 Å². The predicted octanol–water partition coefficient (Wildman–Crippen LogP) is 6.27. The van der Waals surface area contributed by atoms with Crippen LogP contribution in [0.3, 0.4) is 0 Å². The van der Waals surface area contributed by atoms with Crippen molar-refractivity contribution < 1.29 is 31.1 Å². The van der Waals surface area contributed by atoms with Crippen LogP contribution in [0.2, 0.25) is 0 Å². The number of amides is 1. The van der Waals surface area contributed by atoms with Gasteiger partial charge in [0.15, 0.2) is 0 Å². The average molecular weight is 529 g/mol. The first-order valence-electron chi connectivity index (χ1n) is 11.0. The van der Waals surface area contributed by atoms with E-state index in [-0.39, 0.29) is 28.5 Å². The molecule has 5 nitrogen and oxygen atoms in total. The molecule has 0 saturated carbocycles. The summed E-state index contributed by atoms with van der Waals surface area (Å²) in [5.41, 5.74) is -0.896. The Labute approximate surface area is 207 Å². The van der Waals surface area contributed by atoms with E-state index in [4.69, 9.17) is 0 Å². The molecule has 2 unspecified atom stereocenters. The summed E-state index contributed by atoms with van der Waals surface area (Å²) in [5.74, 6) is -5.04. The molecule has 0 spiro atoms. The topological polar surface area (TPSA) is 58.1 Å². The summed E-state index contributed by atoms with van der Waals surface area (Å²) in [6.07, 6.45) is -4.35. The standard InChI is InChI=1S/C24H22F6N4OS/c1-13-9-23(26,27)12-34(18(13)11-32-19-8-7-15(10-31-19)24(28,29)30)22(35)20-21(36-14(2)33-20)16-5-3-4-6-17(16)25/h3-8,10,13,18H,9,11-12H2,1-2H3,(H,31,32). The second kappa shape index (κ2) is 9.72. The van der Waals surface area contributed by atoms with E-state index in [1.165, 1.54) is 18.2 Å². The number of thiazole rings is 1. The number of anilines is 1. The number of aromatic nitrogens is 2. The average Bonchev–Trinajstić information content (AvgIpc) is 3.18. The number of benzene rings is 1. The Morgan fingerprint density at radius 1 is 1.22 bits per heavy atom. The van der Waals surface area contributed by atoms with E-state index >= 15 is 0 Å². The molecule has 1 aromatic carbocycles. The molecule has 3 aromatic rings. The fourth-order valence-corrected chi connectivity index (χ4v) is 5.23. The van der Waals surface area contributed by atoms with Gasteiger partial charge >= 0.3 is 6.18 Å². The lowest BCUT2D eigenvalue weighted by molar-refractivity contribution is -0.137. The number of nitrogens with zero attached hydrogens (tertiary/aromatic N) is 3. The van der Waals surface area contributed by atoms with Gasteiger partial charge in [-0.3, -0.25) is 4.79 Å². The second-order valence-electron chi connectivity index (χ2n) is 8.74. The Bertz CT molecular complexity index is 1240. The quantitative estimate of drug-likeness (QED) is 0.397. The number of aryl methyl sites for hydroxylation is 1. The van der Waals surface area contributed by atoms with Crippen LogP contribution >= 0.6 is 11.3 Å². The van der Waals surface area contributed by atoms with Crippen LogP contribution in [0, 0.1) is 18.7 Å². The first-order valence-corrected chi connectivity index (χ1v) is 11.9. The third kappa shape index (κ3) is 5.48. The molecule has 1 aliphatic heterocycles. The lowest BCUT2D eigenvalue weighted by Gasteiger charge is -2.43. The van der Waals surface area contributed by atoms with Gasteiger partial charge in [0.2, 0.25) is 0 Å². The van der Waals surface area contributed by atoms with Gasteiger partial charge in [0, 0.05) is 24.7 Å². The third-order valence-electron chi connectivity index (χ3n) is 5.98. The molecule has 12 heteroatoms. The molecular formula is C24H22F6N4OS. The Hall–Kier alpha value is -3.15. The summed E-state index contributed by atoms with van der Waals surface area (Å²) >= 11 is 1.09. The molecule has 0 aliphatic carbocycles. The van der Waals surface area contributed by atoms with E-state index in [0.717, 1.165) is 28.4 Å². The van der Waals surface area contributed by atoms with Crippen LogP contribution < -0.4 is 5.32 Å². The summed E-state index contributed by atoms with van der Waals surface area (Å²) < 4.78 is 82.0. The van der Waals surface area contributed by atoms with Crippen molar-refractivity contribution in [1.29, 1.82) is 0 Å². The number of alkyl halides is 5. The molecule has 2 aromatic heterocycles. The SMILES string of the molecule is Cc1nc(C(=O)N2CC(F)(F)CC(C)C2CNc2ccc(C(F)(F)F)cn2)c(-c2ccccc2F)s1. The van der Waals surface area contributed by atoms with Gasteiger partial charge in [-0.1, -0.05) is 25.1 Å². The number of hydrogen-bond acceptors (Lipinski definition) is 5. The minimum absolute atomic E-state index is 0.0283. The maximum absolute atomic E-state index is 14.6. The number of pyridine rings is 1. The van der Waals surface area contributed by atoms with Crippen molar-refractivity contribution >= 4 is 23.1 Å². The molecule has 192 valence electrons. The van der Waals surface area contributed by atoms with Crippen LogP contribution in [-0.2, 0) is 6.18 Å². The highest BCUT2D eigenvalue weighted by atomic mass is 32.1. The van der Waals surface area contributed by atoms with Crippen molar-refractivity contribution in [2.24, 2.45) is 5.92 Å². The van der Waals surface area contributed by atoms with Crippen LogP contribution in [-0.4, -0.2) is 45.8 Å². The lowest BCUT2D eigenvalue weighted by atomic mass is 9.88. The number of carbonyl (C=O) groups excluding carboxylic acids is 1. The van der Waals surface area contributed by atoms with Gasteiger partial charge in [0.05, 0.1) is 28.0 Å². The Kier molecular flexibility index (Phi) is 7.00. The van der Waals surface area contributed by atoms with Crippen molar-refractivity contribution in [2.75, 3.05) is 18.4 Å². The maximum atomic E-state index is 14.6. The first-order chi connectivity index (χ1) is 16.9. The molecule has 1 saturated heterocycles. The molecule has 4 rings (SSSR count). The van der Waals surface area contributed by atoms with Gasteiger partial charge in [-0.25, -0.2) is 23.1 Å². The Balaban J connectivity index is 1.62. The van der Waals surface area contributed by atoms with Gasteiger partial charge in [-0.05, 0) is 31.0 Å². The number of likely N-dealkylation sites (tertiary alicyclic amines) is 1. The van der Waals surface area contributed by atoms with Gasteiger partial charge in [0.25, 0.3) is 11.8 Å². The molecule has 0 bridgehead atoms. The fourth-order valence-electron chi connectivity index (χ4n) is 4.29. The molecular weight excluding hydrogens is 506 g/mol. The molecule has 36 heavy (non-hydrogen) atoms. The number of nitrogens with one attached hydrogen (secondary N) is 1. The van der Waals surface area contributed by atoms with Gasteiger partial charge < -0.3 is 10.2 Å². The highest BCUT2D eigenvalue weighted by molar-refractivity contribution is 7.15. The fraction of sp³-hybridized carbons (Fsp3) is 0.375. The maximum Gasteiger partial charge on any atom is 0.417 e. The van der Waals surface area contributed by atoms with E-state index in [1.807, 2.05) is 0 Å². The summed E-state index contributed by atoms with van der Waals surface area (Å²) in [6, 6.07) is 7.07. The lowest BCUT2D eigenvalue weighted by Crippen LogP contribution is -2.57. The zero-order valence-electron chi connectivity index (χ0n) is 19.2. The van der Waals surface area contributed by atoms with E-state index in [1.54, 1.807) is 19.9 Å². The molecule has 1 N–H and O–H groups in total. The van der Waals surface area contributed by atoms with Crippen LogP contribution in [0.25, 0.3) is 10.4 Å². The number of piperidine rings is 1. The molecule has 1 amide bonds. The number of rotatable bonds is 5. The van der Waals surface area contributed by atoms with Crippen LogP contribution in [0.4, 0.5) is 32.2 Å². The highest BCUT2D eigenvalue weighted by Gasteiger charge is 2.47. The van der Waals surface area contributed by atoms with E-state index in [2.05, 4.69) is 15.3 Å². The normalized spacial score (nSPS) is 19.8. The predicted molar refractivity (Wildman–Crippen MR) is 124 cm³/mol. The summed E-state index contributed by atoms with van der Waals surface area (Å²) in [4.78, 5) is 22.8. The monoisotopic (exact) mass is 528 g/mol. The Morgan fingerprint density at radius 3 is 2.58 bits per heavy atom. The zero-order valence-corrected chi connectivity index (χ0v) is 20.1. The van der Waals surface area contributed by atoms with Gasteiger partial charge in [0.1, 0.15) is 17.3 Å². The van der Waals surface area contributed by atoms with Crippen molar-refractivity contribution in [1.82, 2.24) is 14.9 Å². The largest absolute Gasteiger partial charge is 0.417 e. The summed E-state index contributed by atoms with van der Waals surface area (Å²) in [7, 11) is 0. The van der Waals surface area contributed by atoms with E-state index in [9.17, 15) is 31.1 Å². The van der Waals surface area contributed by atoms with Crippen LogP contribution in [0.1, 0.15) is 34.4 Å². The number of halogens is 6. The van der Waals surface area contributed by atoms with Gasteiger partial charge in [-0.2, -0.15) is 13.2 Å². The molecule has 0 radical (unpaired) electrons. The minimum atomic E-state index is -4.54. The molecule has 3 heterocycles. The highest BCUT2D eigenvalue weighted by Crippen LogP contribution is 2.38. The van der Waals surface area contributed by atoms with Crippen LogP contribution in [0.5, 0.6) is 0 Å². The second-order valence-corrected chi connectivity index (χ2v) is 9.94. The summed E-state index contributed by atoms with van der Waals surface area (Å²) in [6.45, 7) is 2.31. The zero-order chi connectivity index (χ0) is 26.3. The van der Waals surface area contributed by atoms with Crippen molar-refractivity contribution in [3.05, 3.63) is 64.7 Å². The third-order valence-corrected chi connectivity index (χ3v) is 6.98. The molecule has 1 fully saturated rings. The van der Waals surface area contributed by atoms with E-state index in [0.29, 0.717) is 11.2 Å². The van der Waals surface area contributed by atoms with Crippen LogP contribution in [0.15, 0.2) is 42.6 Å². The van der Waals surface area contributed by atoms with E-state index < -0.39 is 54.3 Å². The molecule has 1 aliphatic rings. The molecule has 2 atom stereocenters. The van der Waals surface area contributed by atoms with Gasteiger partial charge in [-0.15, -0.1) is 11.3 Å². The van der Waals surface area contributed by atoms with Crippen molar-refractivity contribution in [3.63, 3.8) is 0 Å². The smallest absolute Gasteiger partial charge is 0.368 e. The number of hydrogen-bond donors (Lipinski definition) is 1. The summed E-state index contributed by atoms with van der Waals surface area (Å²) in [5, 5.41) is 3.32. The first kappa shape index (κ1) is 25.9. The number of carbonyl (C=O) groups is 1. The minimum Gasteiger partial charge on any atom is -0.368 e. The Morgan fingerprint density at radius 2 is 1.94 bits per heavy atom.